The van der Waals surface area contributed by atoms with Gasteiger partial charge in [-0.25, -0.2) is 18.2 Å². The fourth-order valence-electron chi connectivity index (χ4n) is 1.60. The number of aromatic nitrogens is 1. The number of hydrogen-bond acceptors (Lipinski definition) is 5. The Kier molecular flexibility index (Phi) is 3.71. The van der Waals surface area contributed by atoms with Gasteiger partial charge in [-0.1, -0.05) is 0 Å². The summed E-state index contributed by atoms with van der Waals surface area (Å²) in [6.07, 6.45) is 2.59. The molecule has 6 nitrogen and oxygen atoms in total. The highest BCUT2D eigenvalue weighted by Gasteiger charge is 2.11. The van der Waals surface area contributed by atoms with Crippen LogP contribution in [0.25, 0.3) is 0 Å². The second-order valence-corrected chi connectivity index (χ2v) is 6.14. The Morgan fingerprint density at radius 2 is 1.85 bits per heavy atom. The Morgan fingerprint density at radius 3 is 2.40 bits per heavy atom. The zero-order chi connectivity index (χ0) is 14.8. The van der Waals surface area contributed by atoms with Gasteiger partial charge < -0.3 is 10.4 Å². The molecule has 104 valence electrons. The van der Waals surface area contributed by atoms with Gasteiger partial charge in [-0.05, 0) is 36.4 Å². The number of rotatable bonds is 4. The highest BCUT2D eigenvalue weighted by atomic mass is 32.2. The Balaban J connectivity index is 2.30. The predicted octanol–water partition coefficient (Wildman–Crippen LogP) is 1.93. The Hall–Kier alpha value is -2.41. The summed E-state index contributed by atoms with van der Waals surface area (Å²) in [5.74, 6) is -0.888. The molecule has 0 unspecified atom stereocenters. The van der Waals surface area contributed by atoms with E-state index in [4.69, 9.17) is 5.11 Å². The molecular formula is C13H12N2O4S. The van der Waals surface area contributed by atoms with Crippen LogP contribution in [0.15, 0.2) is 47.5 Å². The third-order valence-corrected chi connectivity index (χ3v) is 3.71. The second-order valence-electron chi connectivity index (χ2n) is 4.13. The molecule has 0 bridgehead atoms. The molecule has 7 heteroatoms. The van der Waals surface area contributed by atoms with Crippen LogP contribution in [0.1, 0.15) is 10.4 Å². The number of aromatic carboxylic acids is 1. The average molecular weight is 292 g/mol. The molecule has 1 aromatic heterocycles. The van der Waals surface area contributed by atoms with E-state index >= 15 is 0 Å². The molecule has 2 N–H and O–H groups in total. The monoisotopic (exact) mass is 292 g/mol. The summed E-state index contributed by atoms with van der Waals surface area (Å²) < 4.78 is 22.7. The van der Waals surface area contributed by atoms with Crippen molar-refractivity contribution in [3.8, 4) is 0 Å². The van der Waals surface area contributed by atoms with Gasteiger partial charge in [-0.2, -0.15) is 0 Å². The lowest BCUT2D eigenvalue weighted by molar-refractivity contribution is 0.0697. The van der Waals surface area contributed by atoms with Gasteiger partial charge in [0.1, 0.15) is 11.4 Å². The summed E-state index contributed by atoms with van der Waals surface area (Å²) in [5, 5.41) is 11.9. The first kappa shape index (κ1) is 14.0. The van der Waals surface area contributed by atoms with E-state index in [0.29, 0.717) is 5.69 Å². The van der Waals surface area contributed by atoms with E-state index < -0.39 is 15.8 Å². The van der Waals surface area contributed by atoms with Crippen molar-refractivity contribution in [2.24, 2.45) is 0 Å². The molecule has 0 spiro atoms. The highest BCUT2D eigenvalue weighted by Crippen LogP contribution is 2.20. The number of carbonyl (C=O) groups is 1. The molecule has 0 saturated carbocycles. The van der Waals surface area contributed by atoms with Crippen molar-refractivity contribution in [2.75, 3.05) is 11.6 Å². The molecule has 20 heavy (non-hydrogen) atoms. The Bertz CT molecular complexity index is 739. The van der Waals surface area contributed by atoms with Gasteiger partial charge in [0.25, 0.3) is 0 Å². The molecular weight excluding hydrogens is 280 g/mol. The number of benzene rings is 1. The molecule has 1 aromatic carbocycles. The van der Waals surface area contributed by atoms with Crippen LogP contribution >= 0.6 is 0 Å². The van der Waals surface area contributed by atoms with Gasteiger partial charge in [0.05, 0.1) is 4.90 Å². The zero-order valence-electron chi connectivity index (χ0n) is 10.6. The molecule has 0 amide bonds. The van der Waals surface area contributed by atoms with E-state index in [1.807, 2.05) is 0 Å². The largest absolute Gasteiger partial charge is 0.478 e. The van der Waals surface area contributed by atoms with Crippen LogP contribution < -0.4 is 5.32 Å². The van der Waals surface area contributed by atoms with E-state index in [0.717, 1.165) is 6.26 Å². The molecule has 2 rings (SSSR count). The average Bonchev–Trinajstić information content (AvgIpc) is 2.38. The minimum absolute atomic E-state index is 0.0414. The van der Waals surface area contributed by atoms with Crippen molar-refractivity contribution in [1.82, 2.24) is 4.98 Å². The van der Waals surface area contributed by atoms with Gasteiger partial charge in [0.15, 0.2) is 9.84 Å². The van der Waals surface area contributed by atoms with Crippen LogP contribution in [0, 0.1) is 0 Å². The summed E-state index contributed by atoms with van der Waals surface area (Å²) in [6, 6.07) is 8.96. The maximum Gasteiger partial charge on any atom is 0.339 e. The Morgan fingerprint density at radius 1 is 1.20 bits per heavy atom. The molecule has 0 aliphatic heterocycles. The number of hydrogen-bond donors (Lipinski definition) is 2. The topological polar surface area (TPSA) is 96.4 Å². The van der Waals surface area contributed by atoms with Crippen molar-refractivity contribution in [1.29, 1.82) is 0 Å². The minimum Gasteiger partial charge on any atom is -0.478 e. The lowest BCUT2D eigenvalue weighted by Gasteiger charge is -2.08. The van der Waals surface area contributed by atoms with Crippen LogP contribution in [0.2, 0.25) is 0 Å². The summed E-state index contributed by atoms with van der Waals surface area (Å²) in [6.45, 7) is 0. The van der Waals surface area contributed by atoms with Crippen LogP contribution in [-0.4, -0.2) is 30.7 Å². The first-order chi connectivity index (χ1) is 9.38. The number of carboxylic acids is 1. The predicted molar refractivity (Wildman–Crippen MR) is 74.0 cm³/mol. The van der Waals surface area contributed by atoms with E-state index in [1.54, 1.807) is 12.1 Å². The smallest absolute Gasteiger partial charge is 0.339 e. The summed E-state index contributed by atoms with van der Waals surface area (Å²) in [5.41, 5.74) is 0.596. The number of nitrogens with zero attached hydrogens (tertiary/aromatic N) is 1. The van der Waals surface area contributed by atoms with E-state index in [9.17, 15) is 13.2 Å². The summed E-state index contributed by atoms with van der Waals surface area (Å²) in [4.78, 5) is 15.2. The van der Waals surface area contributed by atoms with Crippen molar-refractivity contribution < 1.29 is 18.3 Å². The number of carboxylic acid groups (broad SMARTS) is 1. The third-order valence-electron chi connectivity index (χ3n) is 2.58. The number of nitrogens with one attached hydrogen (secondary N) is 1. The van der Waals surface area contributed by atoms with Gasteiger partial charge in [-0.3, -0.25) is 0 Å². The summed E-state index contributed by atoms with van der Waals surface area (Å²) >= 11 is 0. The first-order valence-electron chi connectivity index (χ1n) is 5.63. The van der Waals surface area contributed by atoms with E-state index in [1.165, 1.54) is 30.5 Å². The first-order valence-corrected chi connectivity index (χ1v) is 7.52. The zero-order valence-corrected chi connectivity index (χ0v) is 11.4. The SMILES string of the molecule is CS(=O)(=O)c1ccc(Nc2ncccc2C(=O)O)cc1. The van der Waals surface area contributed by atoms with E-state index in [2.05, 4.69) is 10.3 Å². The van der Waals surface area contributed by atoms with Crippen LogP contribution in [0.5, 0.6) is 0 Å². The lowest BCUT2D eigenvalue weighted by Crippen LogP contribution is -2.04. The number of anilines is 2. The van der Waals surface area contributed by atoms with Gasteiger partial charge in [0, 0.05) is 18.1 Å². The van der Waals surface area contributed by atoms with Gasteiger partial charge in [-0.15, -0.1) is 0 Å². The van der Waals surface area contributed by atoms with Crippen molar-refractivity contribution in [3.05, 3.63) is 48.2 Å². The number of sulfone groups is 1. The second kappa shape index (κ2) is 5.30. The lowest BCUT2D eigenvalue weighted by atomic mass is 10.2. The highest BCUT2D eigenvalue weighted by molar-refractivity contribution is 7.90. The van der Waals surface area contributed by atoms with Crippen LogP contribution in [-0.2, 0) is 9.84 Å². The summed E-state index contributed by atoms with van der Waals surface area (Å²) in [7, 11) is -3.25. The molecule has 0 saturated heterocycles. The van der Waals surface area contributed by atoms with Crippen molar-refractivity contribution >= 4 is 27.3 Å². The molecule has 0 fully saturated rings. The van der Waals surface area contributed by atoms with Crippen molar-refractivity contribution in [3.63, 3.8) is 0 Å². The quantitative estimate of drug-likeness (QED) is 0.893. The van der Waals surface area contributed by atoms with Crippen molar-refractivity contribution in [2.45, 2.75) is 4.90 Å². The molecule has 0 aliphatic rings. The van der Waals surface area contributed by atoms with E-state index in [-0.39, 0.29) is 16.3 Å². The van der Waals surface area contributed by atoms with Crippen LogP contribution in [0.3, 0.4) is 0 Å². The van der Waals surface area contributed by atoms with Gasteiger partial charge >= 0.3 is 5.97 Å². The Labute approximate surface area is 116 Å². The number of pyridine rings is 1. The molecule has 0 atom stereocenters. The maximum atomic E-state index is 11.3. The maximum absolute atomic E-state index is 11.3. The molecule has 1 heterocycles. The molecule has 2 aromatic rings. The third kappa shape index (κ3) is 3.12. The standard InChI is InChI=1S/C13H12N2O4S/c1-20(18,19)10-6-4-9(5-7-10)15-12-11(13(16)17)3-2-8-14-12/h2-8H,1H3,(H,14,15)(H,16,17). The molecule has 0 radical (unpaired) electrons. The fraction of sp³-hybridized carbons (Fsp3) is 0.0769. The fourth-order valence-corrected chi connectivity index (χ4v) is 2.23. The van der Waals surface area contributed by atoms with Crippen LogP contribution in [0.4, 0.5) is 11.5 Å². The minimum atomic E-state index is -3.25. The normalized spacial score (nSPS) is 11.1. The molecule has 0 aliphatic carbocycles. The van der Waals surface area contributed by atoms with Gasteiger partial charge in [0.2, 0.25) is 0 Å².